The van der Waals surface area contributed by atoms with Gasteiger partial charge in [-0.1, -0.05) is 49.4 Å². The van der Waals surface area contributed by atoms with Crippen LogP contribution in [0.4, 0.5) is 5.69 Å². The molecule has 0 saturated heterocycles. The zero-order valence-electron chi connectivity index (χ0n) is 24.5. The summed E-state index contributed by atoms with van der Waals surface area (Å²) in [5.41, 5.74) is 2.04. The molecule has 1 atom stereocenters. The van der Waals surface area contributed by atoms with Crippen molar-refractivity contribution in [3.05, 3.63) is 83.9 Å². The van der Waals surface area contributed by atoms with Crippen LogP contribution in [0.15, 0.2) is 77.7 Å². The fourth-order valence-corrected chi connectivity index (χ4v) is 5.93. The smallest absolute Gasteiger partial charge is 0.264 e. The van der Waals surface area contributed by atoms with Crippen molar-refractivity contribution < 1.29 is 27.5 Å². The molecule has 0 spiro atoms. The van der Waals surface area contributed by atoms with Gasteiger partial charge < -0.3 is 19.7 Å². The van der Waals surface area contributed by atoms with E-state index in [2.05, 4.69) is 5.32 Å². The summed E-state index contributed by atoms with van der Waals surface area (Å²) in [5, 5.41) is 2.90. The van der Waals surface area contributed by atoms with Gasteiger partial charge in [-0.15, -0.1) is 0 Å². The minimum absolute atomic E-state index is 0.0256. The molecule has 9 nitrogen and oxygen atoms in total. The molecule has 2 amide bonds. The highest BCUT2D eigenvalue weighted by molar-refractivity contribution is 7.92. The quantitative estimate of drug-likeness (QED) is 0.318. The van der Waals surface area contributed by atoms with Gasteiger partial charge in [-0.2, -0.15) is 0 Å². The molecule has 10 heteroatoms. The Labute approximate surface area is 243 Å². The lowest BCUT2D eigenvalue weighted by molar-refractivity contribution is -0.140. The van der Waals surface area contributed by atoms with Crippen LogP contribution in [0, 0.1) is 6.92 Å². The number of aryl methyl sites for hydroxylation is 1. The maximum Gasteiger partial charge on any atom is 0.264 e. The molecule has 0 bridgehead atoms. The zero-order chi connectivity index (χ0) is 30.2. The number of carbonyl (C=O) groups is 2. The first-order valence-corrected chi connectivity index (χ1v) is 14.9. The minimum atomic E-state index is -4.19. The number of hydrogen-bond donors (Lipinski definition) is 1. The van der Waals surface area contributed by atoms with Gasteiger partial charge in [-0.05, 0) is 62.6 Å². The van der Waals surface area contributed by atoms with E-state index in [9.17, 15) is 18.0 Å². The van der Waals surface area contributed by atoms with Crippen LogP contribution in [0.5, 0.6) is 11.5 Å². The summed E-state index contributed by atoms with van der Waals surface area (Å²) in [6.45, 7) is 7.07. The van der Waals surface area contributed by atoms with E-state index in [1.165, 1.54) is 37.3 Å². The number of benzene rings is 3. The van der Waals surface area contributed by atoms with Crippen LogP contribution in [0.3, 0.4) is 0 Å². The van der Waals surface area contributed by atoms with Gasteiger partial charge in [0.2, 0.25) is 11.8 Å². The number of ether oxygens (including phenoxy) is 2. The van der Waals surface area contributed by atoms with E-state index in [-0.39, 0.29) is 29.1 Å². The van der Waals surface area contributed by atoms with Crippen molar-refractivity contribution in [3.8, 4) is 11.5 Å². The Balaban J connectivity index is 2.12. The average Bonchev–Trinajstić information content (AvgIpc) is 2.96. The number of sulfonamides is 1. The molecule has 3 rings (SSSR count). The van der Waals surface area contributed by atoms with E-state index in [1.54, 1.807) is 30.3 Å². The van der Waals surface area contributed by atoms with E-state index < -0.39 is 28.5 Å². The first-order valence-electron chi connectivity index (χ1n) is 13.5. The fraction of sp³-hybridized carbons (Fsp3) is 0.355. The van der Waals surface area contributed by atoms with E-state index in [1.807, 2.05) is 52.0 Å². The summed E-state index contributed by atoms with van der Waals surface area (Å²) >= 11 is 0. The minimum Gasteiger partial charge on any atom is -0.493 e. The summed E-state index contributed by atoms with van der Waals surface area (Å²) < 4.78 is 39.8. The van der Waals surface area contributed by atoms with Crippen LogP contribution >= 0.6 is 0 Å². The highest BCUT2D eigenvalue weighted by Gasteiger charge is 2.34. The first kappa shape index (κ1) is 31.5. The number of nitrogens with zero attached hydrogens (tertiary/aromatic N) is 2. The number of anilines is 1. The van der Waals surface area contributed by atoms with E-state index in [0.29, 0.717) is 17.9 Å². The topological polar surface area (TPSA) is 105 Å². The standard InChI is InChI=1S/C31H39N3O6S/c1-7-27(31(36)32-22(2)3)33(20-24-14-12-11-13-23(24)4)30(35)21-34(41(37,38)26-15-9-8-10-16-26)25-17-18-28(39-5)29(19-25)40-6/h8-19,22,27H,7,20-21H2,1-6H3,(H,32,36)/t27-/m1/s1. The Morgan fingerprint density at radius 3 is 2.12 bits per heavy atom. The molecule has 0 heterocycles. The van der Waals surface area contributed by atoms with Crippen LogP contribution in [0.1, 0.15) is 38.3 Å². The predicted molar refractivity (Wildman–Crippen MR) is 160 cm³/mol. The lowest BCUT2D eigenvalue weighted by atomic mass is 10.1. The van der Waals surface area contributed by atoms with Crippen molar-refractivity contribution in [1.82, 2.24) is 10.2 Å². The molecular weight excluding hydrogens is 542 g/mol. The lowest BCUT2D eigenvalue weighted by Gasteiger charge is -2.34. The molecule has 220 valence electrons. The van der Waals surface area contributed by atoms with Gasteiger partial charge in [0.1, 0.15) is 12.6 Å². The van der Waals surface area contributed by atoms with E-state index in [4.69, 9.17) is 9.47 Å². The molecular formula is C31H39N3O6S. The summed E-state index contributed by atoms with van der Waals surface area (Å²) in [5.74, 6) is -0.0937. The van der Waals surface area contributed by atoms with Gasteiger partial charge in [0.15, 0.2) is 11.5 Å². The van der Waals surface area contributed by atoms with Crippen molar-refractivity contribution in [2.75, 3.05) is 25.1 Å². The molecule has 41 heavy (non-hydrogen) atoms. The molecule has 0 aliphatic carbocycles. The van der Waals surface area contributed by atoms with Crippen LogP contribution in [-0.2, 0) is 26.2 Å². The van der Waals surface area contributed by atoms with Crippen LogP contribution in [0.2, 0.25) is 0 Å². The Morgan fingerprint density at radius 2 is 1.54 bits per heavy atom. The highest BCUT2D eigenvalue weighted by atomic mass is 32.2. The van der Waals surface area contributed by atoms with Crippen LogP contribution in [-0.4, -0.2) is 58.0 Å². The molecule has 0 radical (unpaired) electrons. The third-order valence-corrected chi connectivity index (χ3v) is 8.47. The van der Waals surface area contributed by atoms with Crippen molar-refractivity contribution in [2.24, 2.45) is 0 Å². The van der Waals surface area contributed by atoms with Gasteiger partial charge in [0.05, 0.1) is 24.8 Å². The lowest BCUT2D eigenvalue weighted by Crippen LogP contribution is -2.53. The summed E-state index contributed by atoms with van der Waals surface area (Å²) in [6, 6.07) is 19.2. The molecule has 3 aromatic carbocycles. The number of methoxy groups -OCH3 is 2. The second-order valence-corrected chi connectivity index (χ2v) is 11.8. The van der Waals surface area contributed by atoms with Gasteiger partial charge in [-0.25, -0.2) is 8.42 Å². The van der Waals surface area contributed by atoms with Crippen molar-refractivity contribution in [3.63, 3.8) is 0 Å². The van der Waals surface area contributed by atoms with Gasteiger partial charge in [0, 0.05) is 18.7 Å². The monoisotopic (exact) mass is 581 g/mol. The van der Waals surface area contributed by atoms with Crippen LogP contribution in [0.25, 0.3) is 0 Å². The second kappa shape index (κ2) is 14.0. The van der Waals surface area contributed by atoms with Crippen molar-refractivity contribution in [1.29, 1.82) is 0 Å². The zero-order valence-corrected chi connectivity index (χ0v) is 25.3. The Kier molecular flexibility index (Phi) is 10.8. The van der Waals surface area contributed by atoms with E-state index in [0.717, 1.165) is 15.4 Å². The predicted octanol–water partition coefficient (Wildman–Crippen LogP) is 4.54. The van der Waals surface area contributed by atoms with Crippen LogP contribution < -0.4 is 19.1 Å². The number of amides is 2. The fourth-order valence-electron chi connectivity index (χ4n) is 4.50. The molecule has 0 aliphatic heterocycles. The van der Waals surface area contributed by atoms with Crippen molar-refractivity contribution in [2.45, 2.75) is 57.6 Å². The Bertz CT molecular complexity index is 1440. The summed E-state index contributed by atoms with van der Waals surface area (Å²) in [6.07, 6.45) is 0.345. The first-order chi connectivity index (χ1) is 19.5. The summed E-state index contributed by atoms with van der Waals surface area (Å²) in [4.78, 5) is 28.9. The molecule has 0 saturated carbocycles. The highest BCUT2D eigenvalue weighted by Crippen LogP contribution is 2.34. The number of carbonyl (C=O) groups excluding carboxylic acids is 2. The summed E-state index contributed by atoms with van der Waals surface area (Å²) in [7, 11) is -1.26. The SMILES string of the molecule is CC[C@H](C(=O)NC(C)C)N(Cc1ccccc1C)C(=O)CN(c1ccc(OC)c(OC)c1)S(=O)(=O)c1ccccc1. The van der Waals surface area contributed by atoms with Gasteiger partial charge in [0.25, 0.3) is 10.0 Å². The maximum absolute atomic E-state index is 14.2. The van der Waals surface area contributed by atoms with Crippen molar-refractivity contribution >= 4 is 27.5 Å². The maximum atomic E-state index is 14.2. The number of hydrogen-bond acceptors (Lipinski definition) is 6. The van der Waals surface area contributed by atoms with E-state index >= 15 is 0 Å². The largest absolute Gasteiger partial charge is 0.493 e. The molecule has 0 aromatic heterocycles. The molecule has 3 aromatic rings. The normalized spacial score (nSPS) is 12.0. The molecule has 1 N–H and O–H groups in total. The second-order valence-electron chi connectivity index (χ2n) is 9.90. The Hall–Kier alpha value is -4.05. The number of rotatable bonds is 13. The molecule has 0 unspecified atom stereocenters. The molecule has 0 aliphatic rings. The molecule has 0 fully saturated rings. The van der Waals surface area contributed by atoms with Gasteiger partial charge >= 0.3 is 0 Å². The van der Waals surface area contributed by atoms with Gasteiger partial charge in [-0.3, -0.25) is 13.9 Å². The average molecular weight is 582 g/mol. The third kappa shape index (κ3) is 7.58. The Morgan fingerprint density at radius 1 is 0.902 bits per heavy atom. The third-order valence-electron chi connectivity index (χ3n) is 6.68. The number of nitrogens with one attached hydrogen (secondary N) is 1.